The summed E-state index contributed by atoms with van der Waals surface area (Å²) in [5.41, 5.74) is 7.72. The van der Waals surface area contributed by atoms with Gasteiger partial charge in [-0.3, -0.25) is 0 Å². The van der Waals surface area contributed by atoms with E-state index in [1.807, 2.05) is 30.3 Å². The zero-order chi connectivity index (χ0) is 13.0. The molecule has 0 amide bonds. The SMILES string of the molecule is COc1ccc(Br)cc1C(CN)c1cccnn1. The van der Waals surface area contributed by atoms with Gasteiger partial charge in [0.05, 0.1) is 12.8 Å². The Hall–Kier alpha value is -1.46. The molecular formula is C13H14BrN3O. The van der Waals surface area contributed by atoms with Crippen LogP contribution >= 0.6 is 15.9 Å². The van der Waals surface area contributed by atoms with E-state index in [2.05, 4.69) is 26.1 Å². The maximum absolute atomic E-state index is 5.87. The lowest BCUT2D eigenvalue weighted by Crippen LogP contribution is -2.16. The molecule has 0 spiro atoms. The third-order valence-electron chi connectivity index (χ3n) is 2.75. The molecule has 94 valence electrons. The van der Waals surface area contributed by atoms with E-state index in [0.717, 1.165) is 21.5 Å². The van der Waals surface area contributed by atoms with Gasteiger partial charge in [-0.1, -0.05) is 15.9 Å². The fraction of sp³-hybridized carbons (Fsp3) is 0.231. The highest BCUT2D eigenvalue weighted by Crippen LogP contribution is 2.32. The van der Waals surface area contributed by atoms with E-state index in [4.69, 9.17) is 10.5 Å². The first-order chi connectivity index (χ1) is 8.76. The molecule has 1 atom stereocenters. The van der Waals surface area contributed by atoms with Crippen LogP contribution in [0.2, 0.25) is 0 Å². The third-order valence-corrected chi connectivity index (χ3v) is 3.25. The van der Waals surface area contributed by atoms with Gasteiger partial charge in [0.2, 0.25) is 0 Å². The van der Waals surface area contributed by atoms with Crippen LogP contribution < -0.4 is 10.5 Å². The summed E-state index contributed by atoms with van der Waals surface area (Å²) in [4.78, 5) is 0. The number of benzene rings is 1. The van der Waals surface area contributed by atoms with Gasteiger partial charge in [-0.05, 0) is 30.3 Å². The minimum atomic E-state index is -0.0221. The molecule has 18 heavy (non-hydrogen) atoms. The number of nitrogens with two attached hydrogens (primary N) is 1. The Morgan fingerprint density at radius 1 is 1.39 bits per heavy atom. The molecule has 1 aromatic carbocycles. The Bertz CT molecular complexity index is 519. The number of halogens is 1. The molecule has 1 unspecified atom stereocenters. The fourth-order valence-electron chi connectivity index (χ4n) is 1.88. The van der Waals surface area contributed by atoms with Crippen molar-refractivity contribution in [3.05, 3.63) is 52.3 Å². The summed E-state index contributed by atoms with van der Waals surface area (Å²) in [5.74, 6) is 0.783. The van der Waals surface area contributed by atoms with Crippen molar-refractivity contribution in [2.75, 3.05) is 13.7 Å². The Labute approximate surface area is 114 Å². The molecule has 5 heteroatoms. The Balaban J connectivity index is 2.48. The minimum Gasteiger partial charge on any atom is -0.496 e. The van der Waals surface area contributed by atoms with Gasteiger partial charge < -0.3 is 10.5 Å². The van der Waals surface area contributed by atoms with E-state index in [1.54, 1.807) is 13.3 Å². The van der Waals surface area contributed by atoms with Crippen molar-refractivity contribution in [1.29, 1.82) is 0 Å². The molecule has 0 aliphatic heterocycles. The first-order valence-electron chi connectivity index (χ1n) is 5.57. The largest absolute Gasteiger partial charge is 0.496 e. The number of ether oxygens (including phenoxy) is 1. The van der Waals surface area contributed by atoms with Gasteiger partial charge in [-0.15, -0.1) is 0 Å². The van der Waals surface area contributed by atoms with Gasteiger partial charge in [-0.25, -0.2) is 0 Å². The molecule has 0 fully saturated rings. The van der Waals surface area contributed by atoms with Gasteiger partial charge in [0.15, 0.2) is 0 Å². The highest BCUT2D eigenvalue weighted by molar-refractivity contribution is 9.10. The van der Waals surface area contributed by atoms with Gasteiger partial charge >= 0.3 is 0 Å². The van der Waals surface area contributed by atoms with Crippen LogP contribution in [0.25, 0.3) is 0 Å². The molecule has 2 aromatic rings. The predicted molar refractivity (Wildman–Crippen MR) is 73.6 cm³/mol. The maximum atomic E-state index is 5.87. The Morgan fingerprint density at radius 2 is 2.22 bits per heavy atom. The van der Waals surface area contributed by atoms with E-state index in [-0.39, 0.29) is 5.92 Å². The van der Waals surface area contributed by atoms with Crippen molar-refractivity contribution in [3.8, 4) is 5.75 Å². The molecule has 4 nitrogen and oxygen atoms in total. The number of rotatable bonds is 4. The van der Waals surface area contributed by atoms with E-state index in [9.17, 15) is 0 Å². The van der Waals surface area contributed by atoms with Crippen LogP contribution in [-0.2, 0) is 0 Å². The average Bonchev–Trinajstić information content (AvgIpc) is 2.41. The number of nitrogens with zero attached hydrogens (tertiary/aromatic N) is 2. The van der Waals surface area contributed by atoms with E-state index in [0.29, 0.717) is 6.54 Å². The molecule has 2 N–H and O–H groups in total. The predicted octanol–water partition coefficient (Wildman–Crippen LogP) is 2.34. The van der Waals surface area contributed by atoms with Crippen molar-refractivity contribution in [2.24, 2.45) is 5.73 Å². The number of hydrogen-bond donors (Lipinski definition) is 1. The van der Waals surface area contributed by atoms with Gasteiger partial charge in [-0.2, -0.15) is 10.2 Å². The van der Waals surface area contributed by atoms with Crippen LogP contribution in [0.5, 0.6) is 5.75 Å². The quantitative estimate of drug-likeness (QED) is 0.942. The fourth-order valence-corrected chi connectivity index (χ4v) is 2.26. The summed E-state index contributed by atoms with van der Waals surface area (Å²) >= 11 is 3.46. The van der Waals surface area contributed by atoms with E-state index < -0.39 is 0 Å². The molecule has 0 saturated carbocycles. The summed E-state index contributed by atoms with van der Waals surface area (Å²) in [5, 5.41) is 8.03. The minimum absolute atomic E-state index is 0.0221. The van der Waals surface area contributed by atoms with Crippen molar-refractivity contribution in [3.63, 3.8) is 0 Å². The smallest absolute Gasteiger partial charge is 0.122 e. The van der Waals surface area contributed by atoms with Crippen LogP contribution in [-0.4, -0.2) is 23.9 Å². The monoisotopic (exact) mass is 307 g/mol. The van der Waals surface area contributed by atoms with Crippen LogP contribution in [0.3, 0.4) is 0 Å². The molecule has 0 aliphatic carbocycles. The van der Waals surface area contributed by atoms with Gasteiger partial charge in [0, 0.05) is 28.7 Å². The zero-order valence-corrected chi connectivity index (χ0v) is 11.6. The van der Waals surface area contributed by atoms with E-state index in [1.165, 1.54) is 0 Å². The summed E-state index contributed by atoms with van der Waals surface area (Å²) in [7, 11) is 1.65. The number of aromatic nitrogens is 2. The normalized spacial score (nSPS) is 12.2. The Kier molecular flexibility index (Phi) is 4.28. The maximum Gasteiger partial charge on any atom is 0.122 e. The zero-order valence-electron chi connectivity index (χ0n) is 10.0. The molecule has 0 bridgehead atoms. The summed E-state index contributed by atoms with van der Waals surface area (Å²) < 4.78 is 6.37. The number of hydrogen-bond acceptors (Lipinski definition) is 4. The van der Waals surface area contributed by atoms with Crippen LogP contribution in [0.4, 0.5) is 0 Å². The molecule has 1 heterocycles. The molecule has 2 rings (SSSR count). The van der Waals surface area contributed by atoms with Crippen LogP contribution in [0, 0.1) is 0 Å². The first kappa shape index (κ1) is 13.0. The topological polar surface area (TPSA) is 61.0 Å². The Morgan fingerprint density at radius 3 is 2.83 bits per heavy atom. The molecule has 0 radical (unpaired) electrons. The molecule has 1 aromatic heterocycles. The third kappa shape index (κ3) is 2.68. The van der Waals surface area contributed by atoms with E-state index >= 15 is 0 Å². The van der Waals surface area contributed by atoms with Crippen LogP contribution in [0.1, 0.15) is 17.2 Å². The second-order valence-electron chi connectivity index (χ2n) is 3.82. The second kappa shape index (κ2) is 5.93. The van der Waals surface area contributed by atoms with Crippen molar-refractivity contribution in [2.45, 2.75) is 5.92 Å². The molecule has 0 aliphatic rings. The lowest BCUT2D eigenvalue weighted by atomic mass is 9.94. The highest BCUT2D eigenvalue weighted by Gasteiger charge is 2.18. The summed E-state index contributed by atoms with van der Waals surface area (Å²) in [6, 6.07) is 9.64. The standard InChI is InChI=1S/C13H14BrN3O/c1-18-13-5-4-9(14)7-10(13)11(8-15)12-3-2-6-16-17-12/h2-7,11H,8,15H2,1H3. The first-order valence-corrected chi connectivity index (χ1v) is 6.36. The van der Waals surface area contributed by atoms with Crippen molar-refractivity contribution < 1.29 is 4.74 Å². The van der Waals surface area contributed by atoms with Crippen molar-refractivity contribution >= 4 is 15.9 Å². The molecular weight excluding hydrogens is 294 g/mol. The second-order valence-corrected chi connectivity index (χ2v) is 4.74. The van der Waals surface area contributed by atoms with Gasteiger partial charge in [0.25, 0.3) is 0 Å². The highest BCUT2D eigenvalue weighted by atomic mass is 79.9. The summed E-state index contributed by atoms with van der Waals surface area (Å²) in [6.45, 7) is 0.450. The molecule has 0 saturated heterocycles. The lowest BCUT2D eigenvalue weighted by molar-refractivity contribution is 0.407. The average molecular weight is 308 g/mol. The van der Waals surface area contributed by atoms with Crippen molar-refractivity contribution in [1.82, 2.24) is 10.2 Å². The summed E-state index contributed by atoms with van der Waals surface area (Å²) in [6.07, 6.45) is 1.65. The van der Waals surface area contributed by atoms with Crippen LogP contribution in [0.15, 0.2) is 41.0 Å². The van der Waals surface area contributed by atoms with Gasteiger partial charge in [0.1, 0.15) is 5.75 Å². The lowest BCUT2D eigenvalue weighted by Gasteiger charge is -2.17. The number of methoxy groups -OCH3 is 1.